The van der Waals surface area contributed by atoms with Gasteiger partial charge in [-0.3, -0.25) is 0 Å². The summed E-state index contributed by atoms with van der Waals surface area (Å²) in [4.78, 5) is 0. The normalized spacial score (nSPS) is 11.8. The predicted octanol–water partition coefficient (Wildman–Crippen LogP) is 2.77. The lowest BCUT2D eigenvalue weighted by Gasteiger charge is -1.99. The molecule has 0 aliphatic heterocycles. The summed E-state index contributed by atoms with van der Waals surface area (Å²) in [6.07, 6.45) is 4.05. The highest BCUT2D eigenvalue weighted by molar-refractivity contribution is 5.87. The average molecular weight is 214 g/mol. The van der Waals surface area contributed by atoms with Crippen LogP contribution in [0, 0.1) is 13.8 Å². The predicted molar refractivity (Wildman–Crippen MR) is 70.5 cm³/mol. The number of aromatic nitrogens is 1. The molecule has 0 unspecified atom stereocenters. The fourth-order valence-electron chi connectivity index (χ4n) is 2.08. The van der Waals surface area contributed by atoms with E-state index < -0.39 is 0 Å². The first kappa shape index (κ1) is 11.0. The van der Waals surface area contributed by atoms with Crippen molar-refractivity contribution >= 4 is 17.0 Å². The third kappa shape index (κ3) is 1.65. The lowest BCUT2D eigenvalue weighted by atomic mass is 10.1. The number of hydrogen-bond acceptors (Lipinski definition) is 1. The van der Waals surface area contributed by atoms with Crippen molar-refractivity contribution in [2.45, 2.75) is 13.8 Å². The van der Waals surface area contributed by atoms with Gasteiger partial charge < -0.3 is 10.3 Å². The van der Waals surface area contributed by atoms with E-state index in [1.807, 2.05) is 6.08 Å². The molecule has 2 N–H and O–H groups in total. The van der Waals surface area contributed by atoms with Gasteiger partial charge in [-0.1, -0.05) is 18.2 Å². The maximum Gasteiger partial charge on any atom is 0.0482 e. The summed E-state index contributed by atoms with van der Waals surface area (Å²) >= 11 is 0. The fraction of sp³-hybridized carbons (Fsp3) is 0.286. The number of fused-ring (bicyclic) bond motifs is 1. The van der Waals surface area contributed by atoms with E-state index in [1.54, 1.807) is 0 Å². The second kappa shape index (κ2) is 4.14. The van der Waals surface area contributed by atoms with Gasteiger partial charge in [0, 0.05) is 30.2 Å². The summed E-state index contributed by atoms with van der Waals surface area (Å²) < 4.78 is 2.24. The minimum absolute atomic E-state index is 0.588. The first-order valence-electron chi connectivity index (χ1n) is 5.57. The Morgan fingerprint density at radius 2 is 2.06 bits per heavy atom. The number of rotatable bonds is 2. The number of nitrogens with two attached hydrogens (primary N) is 1. The van der Waals surface area contributed by atoms with E-state index in [4.69, 9.17) is 5.73 Å². The molecule has 0 fully saturated rings. The second-order valence-electron chi connectivity index (χ2n) is 4.18. The highest BCUT2D eigenvalue weighted by atomic mass is 14.9. The van der Waals surface area contributed by atoms with Crippen molar-refractivity contribution < 1.29 is 0 Å². The maximum atomic E-state index is 5.46. The average Bonchev–Trinajstić information content (AvgIpc) is 2.52. The summed E-state index contributed by atoms with van der Waals surface area (Å²) in [5, 5.41) is 1.33. The van der Waals surface area contributed by atoms with Gasteiger partial charge in [0.15, 0.2) is 0 Å². The Balaban J connectivity index is 2.62. The van der Waals surface area contributed by atoms with Crippen LogP contribution in [0.5, 0.6) is 0 Å². The van der Waals surface area contributed by atoms with Crippen LogP contribution in [0.2, 0.25) is 0 Å². The Kier molecular flexibility index (Phi) is 2.84. The van der Waals surface area contributed by atoms with Crippen molar-refractivity contribution in [1.82, 2.24) is 4.57 Å². The van der Waals surface area contributed by atoms with Crippen LogP contribution in [-0.2, 0) is 7.05 Å². The topological polar surface area (TPSA) is 30.9 Å². The SMILES string of the molecule is Cc1c(C)n(C)c2ccc(/C=C/CN)cc12. The van der Waals surface area contributed by atoms with Gasteiger partial charge in [0.25, 0.3) is 0 Å². The molecule has 2 nitrogen and oxygen atoms in total. The monoisotopic (exact) mass is 214 g/mol. The van der Waals surface area contributed by atoms with E-state index in [9.17, 15) is 0 Å². The molecule has 0 bridgehead atoms. The summed E-state index contributed by atoms with van der Waals surface area (Å²) in [6, 6.07) is 6.53. The van der Waals surface area contributed by atoms with Crippen molar-refractivity contribution in [3.8, 4) is 0 Å². The van der Waals surface area contributed by atoms with Crippen LogP contribution in [0.25, 0.3) is 17.0 Å². The lowest BCUT2D eigenvalue weighted by molar-refractivity contribution is 0.910. The van der Waals surface area contributed by atoms with E-state index >= 15 is 0 Å². The van der Waals surface area contributed by atoms with Gasteiger partial charge >= 0.3 is 0 Å². The van der Waals surface area contributed by atoms with Crippen LogP contribution in [0.15, 0.2) is 24.3 Å². The quantitative estimate of drug-likeness (QED) is 0.818. The van der Waals surface area contributed by atoms with E-state index in [1.165, 1.54) is 27.7 Å². The van der Waals surface area contributed by atoms with Crippen LogP contribution in [0.4, 0.5) is 0 Å². The smallest absolute Gasteiger partial charge is 0.0482 e. The van der Waals surface area contributed by atoms with E-state index in [-0.39, 0.29) is 0 Å². The van der Waals surface area contributed by atoms with Crippen LogP contribution in [0.3, 0.4) is 0 Å². The van der Waals surface area contributed by atoms with Crippen LogP contribution >= 0.6 is 0 Å². The summed E-state index contributed by atoms with van der Waals surface area (Å²) in [5.74, 6) is 0. The zero-order chi connectivity index (χ0) is 11.7. The first-order valence-corrected chi connectivity index (χ1v) is 5.57. The molecule has 0 aliphatic rings. The highest BCUT2D eigenvalue weighted by Crippen LogP contribution is 2.25. The van der Waals surface area contributed by atoms with E-state index in [2.05, 4.69) is 49.7 Å². The summed E-state index contributed by atoms with van der Waals surface area (Å²) in [6.45, 7) is 4.92. The maximum absolute atomic E-state index is 5.46. The van der Waals surface area contributed by atoms with Crippen molar-refractivity contribution in [3.63, 3.8) is 0 Å². The zero-order valence-corrected chi connectivity index (χ0v) is 10.1. The fourth-order valence-corrected chi connectivity index (χ4v) is 2.08. The molecule has 0 amide bonds. The Morgan fingerprint density at radius 1 is 1.31 bits per heavy atom. The molecule has 0 saturated heterocycles. The molecule has 0 aliphatic carbocycles. The van der Waals surface area contributed by atoms with Crippen molar-refractivity contribution in [2.75, 3.05) is 6.54 Å². The zero-order valence-electron chi connectivity index (χ0n) is 10.1. The second-order valence-corrected chi connectivity index (χ2v) is 4.18. The molecular weight excluding hydrogens is 196 g/mol. The van der Waals surface area contributed by atoms with Gasteiger partial charge in [0.1, 0.15) is 0 Å². The number of aryl methyl sites for hydroxylation is 2. The summed E-state index contributed by atoms with van der Waals surface area (Å²) in [7, 11) is 2.11. The number of hydrogen-bond donors (Lipinski definition) is 1. The molecule has 1 aromatic carbocycles. The van der Waals surface area contributed by atoms with Gasteiger partial charge in [0.05, 0.1) is 0 Å². The molecule has 1 aromatic heterocycles. The molecule has 0 saturated carbocycles. The molecule has 2 rings (SSSR count). The number of benzene rings is 1. The molecule has 1 heterocycles. The third-order valence-corrected chi connectivity index (χ3v) is 3.28. The minimum atomic E-state index is 0.588. The molecule has 2 aromatic rings. The highest BCUT2D eigenvalue weighted by Gasteiger charge is 2.07. The van der Waals surface area contributed by atoms with Crippen molar-refractivity contribution in [2.24, 2.45) is 12.8 Å². The molecule has 16 heavy (non-hydrogen) atoms. The van der Waals surface area contributed by atoms with E-state index in [0.29, 0.717) is 6.54 Å². The van der Waals surface area contributed by atoms with Gasteiger partial charge in [-0.05, 0) is 37.1 Å². The first-order chi connectivity index (χ1) is 7.65. The van der Waals surface area contributed by atoms with Crippen LogP contribution in [0.1, 0.15) is 16.8 Å². The molecule has 0 atom stereocenters. The van der Waals surface area contributed by atoms with Gasteiger partial charge in [-0.25, -0.2) is 0 Å². The van der Waals surface area contributed by atoms with Gasteiger partial charge in [0.2, 0.25) is 0 Å². The van der Waals surface area contributed by atoms with Crippen molar-refractivity contribution in [1.29, 1.82) is 0 Å². The van der Waals surface area contributed by atoms with E-state index in [0.717, 1.165) is 0 Å². The Morgan fingerprint density at radius 3 is 2.75 bits per heavy atom. The summed E-state index contributed by atoms with van der Waals surface area (Å²) in [5.41, 5.74) is 10.7. The Bertz CT molecular complexity index is 547. The third-order valence-electron chi connectivity index (χ3n) is 3.28. The molecule has 2 heteroatoms. The Hall–Kier alpha value is -1.54. The molecule has 0 radical (unpaired) electrons. The minimum Gasteiger partial charge on any atom is -0.348 e. The molecular formula is C14H18N2. The van der Waals surface area contributed by atoms with Crippen LogP contribution < -0.4 is 5.73 Å². The Labute approximate surface area is 96.4 Å². The van der Waals surface area contributed by atoms with Crippen molar-refractivity contribution in [3.05, 3.63) is 41.1 Å². The molecule has 0 spiro atoms. The molecule has 84 valence electrons. The lowest BCUT2D eigenvalue weighted by Crippen LogP contribution is -1.92. The van der Waals surface area contributed by atoms with Gasteiger partial charge in [-0.2, -0.15) is 0 Å². The van der Waals surface area contributed by atoms with Crippen LogP contribution in [-0.4, -0.2) is 11.1 Å². The standard InChI is InChI=1S/C14H18N2/c1-10-11(2)16(3)14-7-6-12(5-4-8-15)9-13(10)14/h4-7,9H,8,15H2,1-3H3/b5-4+. The number of nitrogens with zero attached hydrogens (tertiary/aromatic N) is 1. The largest absolute Gasteiger partial charge is 0.348 e. The van der Waals surface area contributed by atoms with Gasteiger partial charge in [-0.15, -0.1) is 0 Å².